The van der Waals surface area contributed by atoms with Crippen molar-refractivity contribution in [1.82, 2.24) is 10.1 Å². The van der Waals surface area contributed by atoms with Crippen LogP contribution in [0, 0.1) is 5.82 Å². The fourth-order valence-corrected chi connectivity index (χ4v) is 1.18. The molecule has 2 aromatic heterocycles. The van der Waals surface area contributed by atoms with Gasteiger partial charge < -0.3 is 10.3 Å². The largest absolute Gasteiger partial charge is 0.380 e. The number of pyridine rings is 1. The summed E-state index contributed by atoms with van der Waals surface area (Å²) in [5.41, 5.74) is 5.77. The van der Waals surface area contributed by atoms with Crippen molar-refractivity contribution in [3.8, 4) is 11.3 Å². The molecule has 0 spiro atoms. The Hall–Kier alpha value is -1.62. The molecule has 0 atom stereocenters. The quantitative estimate of drug-likeness (QED) is 0.788. The van der Waals surface area contributed by atoms with Crippen LogP contribution in [0.15, 0.2) is 23.0 Å². The molecule has 0 aliphatic rings. The van der Waals surface area contributed by atoms with Gasteiger partial charge in [-0.15, -0.1) is 0 Å². The maximum Gasteiger partial charge on any atom is 0.189 e. The highest BCUT2D eigenvalue weighted by atomic mass is 35.5. The number of hydrogen-bond donors (Lipinski definition) is 1. The van der Waals surface area contributed by atoms with E-state index in [4.69, 9.17) is 21.9 Å². The summed E-state index contributed by atoms with van der Waals surface area (Å²) in [6.45, 7) is 0. The Morgan fingerprint density at radius 1 is 1.43 bits per heavy atom. The second-order valence-electron chi connectivity index (χ2n) is 2.60. The average molecular weight is 214 g/mol. The Kier molecular flexibility index (Phi) is 2.09. The van der Waals surface area contributed by atoms with E-state index in [1.54, 1.807) is 0 Å². The Balaban J connectivity index is 2.55. The van der Waals surface area contributed by atoms with Crippen LogP contribution in [-0.4, -0.2) is 10.1 Å². The number of anilines is 1. The van der Waals surface area contributed by atoms with Gasteiger partial charge in [-0.1, -0.05) is 16.8 Å². The van der Waals surface area contributed by atoms with Gasteiger partial charge in [-0.25, -0.2) is 4.39 Å². The van der Waals surface area contributed by atoms with Gasteiger partial charge in [0, 0.05) is 11.8 Å². The van der Waals surface area contributed by atoms with Gasteiger partial charge in [-0.3, -0.25) is 4.98 Å². The van der Waals surface area contributed by atoms with Crippen molar-refractivity contribution >= 4 is 17.4 Å². The predicted molar refractivity (Wildman–Crippen MR) is 49.1 cm³/mol. The molecule has 6 heteroatoms. The molecular formula is C8H5ClFN3O. The van der Waals surface area contributed by atoms with Crippen molar-refractivity contribution in [3.63, 3.8) is 0 Å². The molecule has 0 amide bonds. The average Bonchev–Trinajstić information content (AvgIpc) is 2.48. The van der Waals surface area contributed by atoms with Crippen LogP contribution in [0.2, 0.25) is 5.02 Å². The zero-order valence-electron chi connectivity index (χ0n) is 6.87. The van der Waals surface area contributed by atoms with Crippen molar-refractivity contribution in [2.24, 2.45) is 0 Å². The molecule has 0 aliphatic carbocycles. The van der Waals surface area contributed by atoms with Crippen LogP contribution >= 0.6 is 11.6 Å². The molecular weight excluding hydrogens is 209 g/mol. The standard InChI is InChI=1S/C8H5ClFN3O/c9-6-7(14-13-8(6)11)4-1-5(10)3-12-2-4/h1-3H,(H2,11,13). The normalized spacial score (nSPS) is 10.4. The lowest BCUT2D eigenvalue weighted by Crippen LogP contribution is -1.84. The maximum absolute atomic E-state index is 12.8. The molecule has 0 aliphatic heterocycles. The van der Waals surface area contributed by atoms with Crippen LogP contribution in [0.5, 0.6) is 0 Å². The third kappa shape index (κ3) is 1.42. The summed E-state index contributed by atoms with van der Waals surface area (Å²) in [5, 5.41) is 3.61. The Morgan fingerprint density at radius 3 is 2.79 bits per heavy atom. The van der Waals surface area contributed by atoms with E-state index in [2.05, 4.69) is 10.1 Å². The smallest absolute Gasteiger partial charge is 0.189 e. The van der Waals surface area contributed by atoms with Crippen LogP contribution in [0.1, 0.15) is 0 Å². The summed E-state index contributed by atoms with van der Waals surface area (Å²) in [5.74, 6) is -0.185. The summed E-state index contributed by atoms with van der Waals surface area (Å²) in [6, 6.07) is 1.23. The van der Waals surface area contributed by atoms with Gasteiger partial charge in [0.05, 0.1) is 6.20 Å². The van der Waals surface area contributed by atoms with E-state index in [0.29, 0.717) is 5.56 Å². The van der Waals surface area contributed by atoms with E-state index in [1.807, 2.05) is 0 Å². The molecule has 0 saturated carbocycles. The van der Waals surface area contributed by atoms with E-state index in [-0.39, 0.29) is 16.6 Å². The Morgan fingerprint density at radius 2 is 2.21 bits per heavy atom. The minimum absolute atomic E-state index is 0.0749. The van der Waals surface area contributed by atoms with Crippen LogP contribution < -0.4 is 5.73 Å². The summed E-state index contributed by atoms with van der Waals surface area (Å²) < 4.78 is 17.6. The molecule has 72 valence electrons. The first-order chi connectivity index (χ1) is 6.68. The molecule has 0 radical (unpaired) electrons. The van der Waals surface area contributed by atoms with E-state index in [9.17, 15) is 4.39 Å². The van der Waals surface area contributed by atoms with Crippen molar-refractivity contribution in [2.45, 2.75) is 0 Å². The van der Waals surface area contributed by atoms with Gasteiger partial charge in [-0.05, 0) is 6.07 Å². The van der Waals surface area contributed by atoms with E-state index in [0.717, 1.165) is 6.20 Å². The second-order valence-corrected chi connectivity index (χ2v) is 2.98. The lowest BCUT2D eigenvalue weighted by molar-refractivity contribution is 0.435. The number of hydrogen-bond acceptors (Lipinski definition) is 4. The van der Waals surface area contributed by atoms with Gasteiger partial charge in [0.15, 0.2) is 11.6 Å². The molecule has 0 saturated heterocycles. The van der Waals surface area contributed by atoms with Gasteiger partial charge in [0.2, 0.25) is 0 Å². The topological polar surface area (TPSA) is 64.9 Å². The number of aromatic nitrogens is 2. The molecule has 14 heavy (non-hydrogen) atoms. The molecule has 2 rings (SSSR count). The molecule has 0 aromatic carbocycles. The summed E-state index contributed by atoms with van der Waals surface area (Å²) in [7, 11) is 0. The monoisotopic (exact) mass is 213 g/mol. The summed E-state index contributed by atoms with van der Waals surface area (Å²) in [4.78, 5) is 3.65. The molecule has 2 heterocycles. The van der Waals surface area contributed by atoms with Crippen LogP contribution in [-0.2, 0) is 0 Å². The zero-order chi connectivity index (χ0) is 10.1. The lowest BCUT2D eigenvalue weighted by atomic mass is 10.2. The first-order valence-corrected chi connectivity index (χ1v) is 4.08. The highest BCUT2D eigenvalue weighted by Gasteiger charge is 2.14. The van der Waals surface area contributed by atoms with Crippen molar-refractivity contribution < 1.29 is 8.91 Å². The summed E-state index contributed by atoms with van der Waals surface area (Å²) in [6.07, 6.45) is 2.49. The number of nitrogens with zero attached hydrogens (tertiary/aromatic N) is 2. The van der Waals surface area contributed by atoms with Gasteiger partial charge in [0.1, 0.15) is 10.8 Å². The van der Waals surface area contributed by atoms with Crippen LogP contribution in [0.4, 0.5) is 10.2 Å². The SMILES string of the molecule is Nc1noc(-c2cncc(F)c2)c1Cl. The maximum atomic E-state index is 12.8. The van der Waals surface area contributed by atoms with Crippen LogP contribution in [0.3, 0.4) is 0 Å². The zero-order valence-corrected chi connectivity index (χ0v) is 7.62. The second kappa shape index (κ2) is 3.26. The van der Waals surface area contributed by atoms with Crippen molar-refractivity contribution in [2.75, 3.05) is 5.73 Å². The predicted octanol–water partition coefficient (Wildman–Crippen LogP) is 2.11. The number of halogens is 2. The number of rotatable bonds is 1. The first-order valence-electron chi connectivity index (χ1n) is 3.70. The Labute approximate surface area is 83.5 Å². The third-order valence-corrected chi connectivity index (χ3v) is 1.99. The number of nitrogen functional groups attached to an aromatic ring is 1. The number of nitrogens with two attached hydrogens (primary N) is 1. The van der Waals surface area contributed by atoms with Gasteiger partial charge in [-0.2, -0.15) is 0 Å². The molecule has 4 nitrogen and oxygen atoms in total. The van der Waals surface area contributed by atoms with Crippen LogP contribution in [0.25, 0.3) is 11.3 Å². The Bertz CT molecular complexity index is 471. The van der Waals surface area contributed by atoms with Crippen molar-refractivity contribution in [1.29, 1.82) is 0 Å². The van der Waals surface area contributed by atoms with E-state index >= 15 is 0 Å². The first kappa shape index (κ1) is 8.96. The molecule has 2 aromatic rings. The van der Waals surface area contributed by atoms with Crippen molar-refractivity contribution in [3.05, 3.63) is 29.3 Å². The molecule has 0 fully saturated rings. The lowest BCUT2D eigenvalue weighted by Gasteiger charge is -1.94. The summed E-state index contributed by atoms with van der Waals surface area (Å²) >= 11 is 5.76. The van der Waals surface area contributed by atoms with Gasteiger partial charge >= 0.3 is 0 Å². The molecule has 0 bridgehead atoms. The molecule has 0 unspecified atom stereocenters. The minimum atomic E-state index is -0.478. The highest BCUT2D eigenvalue weighted by Crippen LogP contribution is 2.31. The van der Waals surface area contributed by atoms with E-state index < -0.39 is 5.82 Å². The van der Waals surface area contributed by atoms with E-state index in [1.165, 1.54) is 12.3 Å². The van der Waals surface area contributed by atoms with Gasteiger partial charge in [0.25, 0.3) is 0 Å². The fraction of sp³-hybridized carbons (Fsp3) is 0. The fourth-order valence-electron chi connectivity index (χ4n) is 1.01. The minimum Gasteiger partial charge on any atom is -0.380 e. The molecule has 2 N–H and O–H groups in total. The highest BCUT2D eigenvalue weighted by molar-refractivity contribution is 6.35. The third-order valence-electron chi connectivity index (χ3n) is 1.63.